The predicted octanol–water partition coefficient (Wildman–Crippen LogP) is 20.6. The number of ether oxygens (including phenoxy) is 4. The number of unbranched alkanes of at least 4 members (excludes halogenated alkanes) is 38. The lowest BCUT2D eigenvalue weighted by Gasteiger charge is -2.21. The quantitative estimate of drug-likeness (QED) is 0.0222. The molecule has 5 atom stereocenters. The molecular weight excluding hydrogens is 1200 g/mol. The number of phosphoric ester groups is 2. The summed E-state index contributed by atoms with van der Waals surface area (Å²) < 4.78 is 68.4. The van der Waals surface area contributed by atoms with Crippen LogP contribution in [0, 0.1) is 17.8 Å². The molecule has 0 bridgehead atoms. The van der Waals surface area contributed by atoms with E-state index in [2.05, 4.69) is 48.5 Å². The molecule has 91 heavy (non-hydrogen) atoms. The van der Waals surface area contributed by atoms with E-state index in [1.54, 1.807) is 0 Å². The second kappa shape index (κ2) is 62.8. The molecule has 0 saturated heterocycles. The highest BCUT2D eigenvalue weighted by molar-refractivity contribution is 7.47. The van der Waals surface area contributed by atoms with Gasteiger partial charge < -0.3 is 33.8 Å². The van der Waals surface area contributed by atoms with Gasteiger partial charge in [-0.1, -0.05) is 312 Å². The van der Waals surface area contributed by atoms with Gasteiger partial charge in [0.2, 0.25) is 0 Å². The van der Waals surface area contributed by atoms with Crippen LogP contribution in [0.25, 0.3) is 0 Å². The van der Waals surface area contributed by atoms with E-state index in [4.69, 9.17) is 37.0 Å². The molecule has 3 N–H and O–H groups in total. The number of carbonyl (C=O) groups is 4. The fourth-order valence-corrected chi connectivity index (χ4v) is 12.5. The van der Waals surface area contributed by atoms with Crippen LogP contribution >= 0.6 is 15.6 Å². The molecule has 0 heterocycles. The van der Waals surface area contributed by atoms with Crippen molar-refractivity contribution in [1.29, 1.82) is 0 Å². The van der Waals surface area contributed by atoms with Crippen molar-refractivity contribution in [3.63, 3.8) is 0 Å². The van der Waals surface area contributed by atoms with Crippen molar-refractivity contribution >= 4 is 39.5 Å². The Morgan fingerprint density at radius 3 is 0.747 bits per heavy atom. The lowest BCUT2D eigenvalue weighted by Crippen LogP contribution is -2.30. The normalized spacial score (nSPS) is 14.2. The zero-order chi connectivity index (χ0) is 67.3. The molecule has 0 aliphatic heterocycles. The molecule has 0 fully saturated rings. The molecule has 0 aliphatic carbocycles. The number of rotatable bonds is 70. The Kier molecular flexibility index (Phi) is 61.5. The number of esters is 4. The second-order valence-corrected chi connectivity index (χ2v) is 30.3. The average Bonchev–Trinajstić information content (AvgIpc) is 2.06. The van der Waals surface area contributed by atoms with E-state index >= 15 is 0 Å². The first-order valence-corrected chi connectivity index (χ1v) is 40.3. The van der Waals surface area contributed by atoms with Crippen LogP contribution in [0.5, 0.6) is 0 Å². The summed E-state index contributed by atoms with van der Waals surface area (Å²) in [7, 11) is -9.90. The van der Waals surface area contributed by atoms with Crippen molar-refractivity contribution in [2.45, 2.75) is 381 Å². The molecule has 0 spiro atoms. The van der Waals surface area contributed by atoms with E-state index in [0.29, 0.717) is 25.7 Å². The molecule has 19 heteroatoms. The molecule has 2 unspecified atom stereocenters. The molecule has 0 aromatic rings. The largest absolute Gasteiger partial charge is 0.472 e. The maximum absolute atomic E-state index is 13.0. The van der Waals surface area contributed by atoms with Crippen LogP contribution in [0.2, 0.25) is 0 Å². The zero-order valence-electron chi connectivity index (χ0n) is 59.3. The second-order valence-electron chi connectivity index (χ2n) is 27.4. The minimum Gasteiger partial charge on any atom is -0.462 e. The van der Waals surface area contributed by atoms with Crippen molar-refractivity contribution < 1.29 is 80.2 Å². The highest BCUT2D eigenvalue weighted by Crippen LogP contribution is 2.45. The van der Waals surface area contributed by atoms with E-state index in [9.17, 15) is 43.2 Å². The Labute approximate surface area is 556 Å². The molecule has 0 radical (unpaired) electrons. The third kappa shape index (κ3) is 66.5. The Hall–Kier alpha value is -1.94. The van der Waals surface area contributed by atoms with Crippen LogP contribution in [0.3, 0.4) is 0 Å². The van der Waals surface area contributed by atoms with Crippen LogP contribution < -0.4 is 0 Å². The predicted molar refractivity (Wildman–Crippen MR) is 368 cm³/mol. The number of carbonyl (C=O) groups excluding carboxylic acids is 4. The molecule has 0 aliphatic rings. The molecular formula is C72H140O17P2. The van der Waals surface area contributed by atoms with E-state index < -0.39 is 97.5 Å². The third-order valence-corrected chi connectivity index (χ3v) is 18.5. The van der Waals surface area contributed by atoms with E-state index in [0.717, 1.165) is 108 Å². The van der Waals surface area contributed by atoms with Crippen molar-refractivity contribution in [2.24, 2.45) is 17.8 Å². The van der Waals surface area contributed by atoms with Gasteiger partial charge in [0, 0.05) is 25.7 Å². The SMILES string of the molecule is CCCCCCCCCCCCCCC(=O)O[C@H](COC(=O)CCCCCCCCCCC(C)C)COP(=O)(O)OC[C@H](O)COP(=O)(O)OC[C@@H](COC(=O)CCCCCCCCCCCCCC(C)C)OC(=O)CCCCCCCCCCCCCC(C)C. The summed E-state index contributed by atoms with van der Waals surface area (Å²) in [6, 6.07) is 0. The monoisotopic (exact) mass is 1340 g/mol. The Morgan fingerprint density at radius 2 is 0.505 bits per heavy atom. The van der Waals surface area contributed by atoms with Crippen molar-refractivity contribution in [3.05, 3.63) is 0 Å². The molecule has 0 amide bonds. The van der Waals surface area contributed by atoms with E-state index in [1.807, 2.05) is 0 Å². The fourth-order valence-electron chi connectivity index (χ4n) is 10.9. The first-order valence-electron chi connectivity index (χ1n) is 37.3. The van der Waals surface area contributed by atoms with Gasteiger partial charge in [-0.3, -0.25) is 37.3 Å². The third-order valence-electron chi connectivity index (χ3n) is 16.6. The van der Waals surface area contributed by atoms with Gasteiger partial charge in [-0.25, -0.2) is 9.13 Å². The zero-order valence-corrected chi connectivity index (χ0v) is 61.1. The van der Waals surface area contributed by atoms with Gasteiger partial charge in [0.1, 0.15) is 19.3 Å². The smallest absolute Gasteiger partial charge is 0.462 e. The van der Waals surface area contributed by atoms with Crippen LogP contribution in [-0.4, -0.2) is 96.7 Å². The van der Waals surface area contributed by atoms with Gasteiger partial charge in [-0.2, -0.15) is 0 Å². The standard InChI is InChI=1S/C72H140O17P2/c1-8-9-10-11-12-13-14-19-25-34-41-48-55-71(76)89-68(60-83-70(75)54-47-40-33-28-27-31-38-45-52-65(6)7)62-87-91(80,81)85-58-66(73)57-84-90(78,79)86-61-67(88-72(77)56-49-42-35-26-21-16-18-23-30-37-44-51-64(4)5)59-82-69(74)53-46-39-32-24-20-15-17-22-29-36-43-50-63(2)3/h63-68,73H,8-62H2,1-7H3,(H,78,79)(H,80,81)/t66-,67-,68-/m1/s1. The van der Waals surface area contributed by atoms with Crippen LogP contribution in [-0.2, 0) is 65.4 Å². The minimum atomic E-state index is -4.95. The molecule has 0 aromatic carbocycles. The lowest BCUT2D eigenvalue weighted by atomic mass is 10.0. The number of aliphatic hydroxyl groups excluding tert-OH is 1. The van der Waals surface area contributed by atoms with Gasteiger partial charge in [-0.05, 0) is 43.4 Å². The molecule has 0 rings (SSSR count). The summed E-state index contributed by atoms with van der Waals surface area (Å²) in [5, 5.41) is 10.6. The summed E-state index contributed by atoms with van der Waals surface area (Å²) in [4.78, 5) is 72.6. The van der Waals surface area contributed by atoms with Gasteiger partial charge in [0.05, 0.1) is 26.4 Å². The maximum atomic E-state index is 13.0. The van der Waals surface area contributed by atoms with Crippen LogP contribution in [0.15, 0.2) is 0 Å². The number of phosphoric acid groups is 2. The Balaban J connectivity index is 5.26. The van der Waals surface area contributed by atoms with Crippen molar-refractivity contribution in [1.82, 2.24) is 0 Å². The highest BCUT2D eigenvalue weighted by Gasteiger charge is 2.30. The summed E-state index contributed by atoms with van der Waals surface area (Å²) >= 11 is 0. The molecule has 540 valence electrons. The minimum absolute atomic E-state index is 0.106. The number of hydrogen-bond donors (Lipinski definition) is 3. The summed E-state index contributed by atoms with van der Waals surface area (Å²) in [6.45, 7) is 11.8. The first kappa shape index (κ1) is 89.1. The topological polar surface area (TPSA) is 237 Å². The van der Waals surface area contributed by atoms with Crippen molar-refractivity contribution in [2.75, 3.05) is 39.6 Å². The molecule has 0 saturated carbocycles. The van der Waals surface area contributed by atoms with E-state index in [1.165, 1.54) is 173 Å². The summed E-state index contributed by atoms with van der Waals surface area (Å²) in [5.41, 5.74) is 0. The van der Waals surface area contributed by atoms with E-state index in [-0.39, 0.29) is 25.7 Å². The highest BCUT2D eigenvalue weighted by atomic mass is 31.2. The fraction of sp³-hybridized carbons (Fsp3) is 0.944. The molecule has 0 aromatic heterocycles. The van der Waals surface area contributed by atoms with Crippen molar-refractivity contribution in [3.8, 4) is 0 Å². The number of aliphatic hydroxyl groups is 1. The molecule has 17 nitrogen and oxygen atoms in total. The maximum Gasteiger partial charge on any atom is 0.472 e. The average molecular weight is 1340 g/mol. The number of hydrogen-bond acceptors (Lipinski definition) is 15. The lowest BCUT2D eigenvalue weighted by molar-refractivity contribution is -0.161. The first-order chi connectivity index (χ1) is 43.7. The van der Waals surface area contributed by atoms with Gasteiger partial charge in [0.25, 0.3) is 0 Å². The summed E-state index contributed by atoms with van der Waals surface area (Å²) in [6.07, 6.45) is 47.1. The van der Waals surface area contributed by atoms with Crippen LogP contribution in [0.1, 0.15) is 363 Å². The Morgan fingerprint density at radius 1 is 0.297 bits per heavy atom. The van der Waals surface area contributed by atoms with Crippen LogP contribution in [0.4, 0.5) is 0 Å². The van der Waals surface area contributed by atoms with Gasteiger partial charge in [0.15, 0.2) is 12.2 Å². The van der Waals surface area contributed by atoms with Gasteiger partial charge in [-0.15, -0.1) is 0 Å². The summed E-state index contributed by atoms with van der Waals surface area (Å²) in [5.74, 6) is 0.141. The Bertz CT molecular complexity index is 1780. The van der Waals surface area contributed by atoms with Gasteiger partial charge >= 0.3 is 39.5 Å².